The lowest BCUT2D eigenvalue weighted by molar-refractivity contribution is -0.121. The van der Waals surface area contributed by atoms with Gasteiger partial charge in [-0.1, -0.05) is 31.2 Å². The summed E-state index contributed by atoms with van der Waals surface area (Å²) in [5.74, 6) is -0.00591. The van der Waals surface area contributed by atoms with E-state index in [1.54, 1.807) is 0 Å². The van der Waals surface area contributed by atoms with Gasteiger partial charge in [0.1, 0.15) is 0 Å². The summed E-state index contributed by atoms with van der Waals surface area (Å²) >= 11 is 0. The number of carbonyl (C=O) groups is 1. The number of hydrogen-bond donors (Lipinski definition) is 2. The van der Waals surface area contributed by atoms with Crippen LogP contribution in [0.3, 0.4) is 0 Å². The van der Waals surface area contributed by atoms with Crippen molar-refractivity contribution in [2.24, 2.45) is 0 Å². The molecule has 0 heterocycles. The normalized spacial score (nSPS) is 10.1. The Labute approximate surface area is 96.5 Å². The fourth-order valence-corrected chi connectivity index (χ4v) is 1.42. The highest BCUT2D eigenvalue weighted by atomic mass is 16.3. The van der Waals surface area contributed by atoms with E-state index in [0.717, 1.165) is 12.0 Å². The molecule has 0 aromatic heterocycles. The predicted octanol–water partition coefficient (Wildman–Crippen LogP) is 1.64. The molecule has 0 spiro atoms. The van der Waals surface area contributed by atoms with Gasteiger partial charge in [-0.25, -0.2) is 0 Å². The van der Waals surface area contributed by atoms with Crippen LogP contribution in [-0.4, -0.2) is 17.6 Å². The quantitative estimate of drug-likeness (QED) is 0.767. The maximum absolute atomic E-state index is 11.3. The van der Waals surface area contributed by atoms with Crippen molar-refractivity contribution in [3.8, 4) is 0 Å². The summed E-state index contributed by atoms with van der Waals surface area (Å²) in [4.78, 5) is 11.3. The summed E-state index contributed by atoms with van der Waals surface area (Å²) in [7, 11) is 0. The second kappa shape index (κ2) is 7.01. The van der Waals surface area contributed by atoms with Gasteiger partial charge in [0.25, 0.3) is 0 Å². The van der Waals surface area contributed by atoms with Gasteiger partial charge in [0.05, 0.1) is 0 Å². The number of aliphatic hydroxyl groups is 1. The topological polar surface area (TPSA) is 49.3 Å². The van der Waals surface area contributed by atoms with E-state index in [2.05, 4.69) is 24.4 Å². The minimum Gasteiger partial charge on any atom is -0.396 e. The molecular formula is C13H19NO2. The van der Waals surface area contributed by atoms with E-state index in [1.807, 2.05) is 12.1 Å². The molecule has 0 unspecified atom stereocenters. The van der Waals surface area contributed by atoms with Gasteiger partial charge in [-0.15, -0.1) is 0 Å². The average Bonchev–Trinajstić information content (AvgIpc) is 2.34. The van der Waals surface area contributed by atoms with Crippen LogP contribution in [0.1, 0.15) is 30.9 Å². The zero-order valence-corrected chi connectivity index (χ0v) is 9.70. The molecular weight excluding hydrogens is 202 g/mol. The summed E-state index contributed by atoms with van der Waals surface area (Å²) < 4.78 is 0. The van der Waals surface area contributed by atoms with Crippen LogP contribution < -0.4 is 5.32 Å². The van der Waals surface area contributed by atoms with Crippen molar-refractivity contribution >= 4 is 5.91 Å². The Morgan fingerprint density at radius 3 is 2.44 bits per heavy atom. The summed E-state index contributed by atoms with van der Waals surface area (Å²) in [6, 6.07) is 8.22. The van der Waals surface area contributed by atoms with Gasteiger partial charge in [0.2, 0.25) is 5.91 Å². The second-order valence-corrected chi connectivity index (χ2v) is 3.77. The van der Waals surface area contributed by atoms with E-state index in [1.165, 1.54) is 5.56 Å². The number of carbonyl (C=O) groups excluding carboxylic acids is 1. The van der Waals surface area contributed by atoms with Gasteiger partial charge in [0, 0.05) is 19.6 Å². The van der Waals surface area contributed by atoms with Crippen LogP contribution in [-0.2, 0) is 17.8 Å². The number of nitrogens with one attached hydrogen (secondary N) is 1. The van der Waals surface area contributed by atoms with Crippen LogP contribution in [0.2, 0.25) is 0 Å². The molecule has 0 saturated carbocycles. The zero-order valence-electron chi connectivity index (χ0n) is 9.70. The van der Waals surface area contributed by atoms with Gasteiger partial charge in [-0.2, -0.15) is 0 Å². The van der Waals surface area contributed by atoms with Crippen molar-refractivity contribution < 1.29 is 9.90 Å². The van der Waals surface area contributed by atoms with E-state index in [-0.39, 0.29) is 12.5 Å². The first-order valence-corrected chi connectivity index (χ1v) is 5.71. The minimum atomic E-state index is -0.00591. The third-order valence-corrected chi connectivity index (χ3v) is 2.48. The molecule has 0 aliphatic rings. The van der Waals surface area contributed by atoms with E-state index >= 15 is 0 Å². The van der Waals surface area contributed by atoms with Gasteiger partial charge < -0.3 is 10.4 Å². The molecule has 0 saturated heterocycles. The molecule has 0 aliphatic carbocycles. The number of benzene rings is 1. The number of amides is 1. The van der Waals surface area contributed by atoms with E-state index in [4.69, 9.17) is 5.11 Å². The van der Waals surface area contributed by atoms with Gasteiger partial charge >= 0.3 is 0 Å². The van der Waals surface area contributed by atoms with Crippen LogP contribution >= 0.6 is 0 Å². The average molecular weight is 221 g/mol. The van der Waals surface area contributed by atoms with Crippen molar-refractivity contribution in [1.82, 2.24) is 5.32 Å². The SMILES string of the molecule is CCc1ccc(CNC(=O)CCCO)cc1. The van der Waals surface area contributed by atoms with Gasteiger partial charge in [-0.05, 0) is 24.0 Å². The Hall–Kier alpha value is -1.35. The third kappa shape index (κ3) is 4.45. The largest absolute Gasteiger partial charge is 0.396 e. The second-order valence-electron chi connectivity index (χ2n) is 3.77. The van der Waals surface area contributed by atoms with Crippen LogP contribution in [0.5, 0.6) is 0 Å². The fourth-order valence-electron chi connectivity index (χ4n) is 1.42. The molecule has 88 valence electrons. The smallest absolute Gasteiger partial charge is 0.220 e. The molecule has 1 rings (SSSR count). The standard InChI is InChI=1S/C13H19NO2/c1-2-11-5-7-12(8-6-11)10-14-13(16)4-3-9-15/h5-8,15H,2-4,9-10H2,1H3,(H,14,16). The van der Waals surface area contributed by atoms with Crippen LogP contribution in [0, 0.1) is 0 Å². The van der Waals surface area contributed by atoms with Crippen molar-refractivity contribution in [2.75, 3.05) is 6.61 Å². The zero-order chi connectivity index (χ0) is 11.8. The summed E-state index contributed by atoms with van der Waals surface area (Å²) in [6.45, 7) is 2.75. The van der Waals surface area contributed by atoms with Crippen molar-refractivity contribution in [2.45, 2.75) is 32.7 Å². The Balaban J connectivity index is 2.33. The minimum absolute atomic E-state index is 0.00591. The molecule has 3 heteroatoms. The highest BCUT2D eigenvalue weighted by Crippen LogP contribution is 2.04. The summed E-state index contributed by atoms with van der Waals surface area (Å²) in [6.07, 6.45) is 1.95. The number of hydrogen-bond acceptors (Lipinski definition) is 2. The van der Waals surface area contributed by atoms with Crippen molar-refractivity contribution in [3.63, 3.8) is 0 Å². The van der Waals surface area contributed by atoms with Crippen molar-refractivity contribution in [3.05, 3.63) is 35.4 Å². The summed E-state index contributed by atoms with van der Waals surface area (Å²) in [5, 5.41) is 11.4. The first-order chi connectivity index (χ1) is 7.76. The molecule has 0 aliphatic heterocycles. The van der Waals surface area contributed by atoms with Gasteiger partial charge in [-0.3, -0.25) is 4.79 Å². The fraction of sp³-hybridized carbons (Fsp3) is 0.462. The number of rotatable bonds is 6. The number of aliphatic hydroxyl groups excluding tert-OH is 1. The summed E-state index contributed by atoms with van der Waals surface area (Å²) in [5.41, 5.74) is 2.41. The lowest BCUT2D eigenvalue weighted by Gasteiger charge is -2.05. The molecule has 3 nitrogen and oxygen atoms in total. The molecule has 0 fully saturated rings. The lowest BCUT2D eigenvalue weighted by atomic mass is 10.1. The van der Waals surface area contributed by atoms with Crippen LogP contribution in [0.4, 0.5) is 0 Å². The van der Waals surface area contributed by atoms with Crippen LogP contribution in [0.25, 0.3) is 0 Å². The first kappa shape index (κ1) is 12.7. The molecule has 0 atom stereocenters. The Morgan fingerprint density at radius 2 is 1.88 bits per heavy atom. The molecule has 0 bridgehead atoms. The molecule has 2 N–H and O–H groups in total. The molecule has 1 aromatic carbocycles. The monoisotopic (exact) mass is 221 g/mol. The third-order valence-electron chi connectivity index (χ3n) is 2.48. The molecule has 1 aromatic rings. The first-order valence-electron chi connectivity index (χ1n) is 5.71. The Morgan fingerprint density at radius 1 is 1.25 bits per heavy atom. The number of aryl methyl sites for hydroxylation is 1. The van der Waals surface area contributed by atoms with Crippen LogP contribution in [0.15, 0.2) is 24.3 Å². The lowest BCUT2D eigenvalue weighted by Crippen LogP contribution is -2.22. The maximum Gasteiger partial charge on any atom is 0.220 e. The molecule has 16 heavy (non-hydrogen) atoms. The van der Waals surface area contributed by atoms with E-state index < -0.39 is 0 Å². The molecule has 1 amide bonds. The van der Waals surface area contributed by atoms with E-state index in [9.17, 15) is 4.79 Å². The highest BCUT2D eigenvalue weighted by molar-refractivity contribution is 5.75. The Kier molecular flexibility index (Phi) is 5.57. The molecule has 0 radical (unpaired) electrons. The van der Waals surface area contributed by atoms with E-state index in [0.29, 0.717) is 19.4 Å². The maximum atomic E-state index is 11.3. The predicted molar refractivity (Wildman–Crippen MR) is 64.0 cm³/mol. The highest BCUT2D eigenvalue weighted by Gasteiger charge is 2.00. The van der Waals surface area contributed by atoms with Crippen molar-refractivity contribution in [1.29, 1.82) is 0 Å². The Bertz CT molecular complexity index is 319. The van der Waals surface area contributed by atoms with Gasteiger partial charge in [0.15, 0.2) is 0 Å².